The minimum atomic E-state index is 0.653. The normalized spacial score (nSPS) is 10.5. The molecular weight excluding hydrogens is 270 g/mol. The lowest BCUT2D eigenvalue weighted by Crippen LogP contribution is -1.77. The topological polar surface area (TPSA) is 48.8 Å². The van der Waals surface area contributed by atoms with Crippen LogP contribution in [-0.2, 0) is 6.42 Å². The molecule has 0 N–H and O–H groups in total. The molecule has 0 amide bonds. The summed E-state index contributed by atoms with van der Waals surface area (Å²) >= 11 is 0. The van der Waals surface area contributed by atoms with Crippen molar-refractivity contribution in [2.45, 2.75) is 6.42 Å². The highest BCUT2D eigenvalue weighted by molar-refractivity contribution is 5.76. The van der Waals surface area contributed by atoms with Gasteiger partial charge in [0.2, 0.25) is 0 Å². The number of azide groups is 1. The zero-order valence-corrected chi connectivity index (χ0v) is 12.1. The third kappa shape index (κ3) is 3.00. The van der Waals surface area contributed by atoms with E-state index >= 15 is 0 Å². The van der Waals surface area contributed by atoms with Crippen molar-refractivity contribution in [3.05, 3.63) is 100 Å². The van der Waals surface area contributed by atoms with E-state index in [0.29, 0.717) is 5.69 Å². The van der Waals surface area contributed by atoms with Crippen LogP contribution in [0.2, 0.25) is 0 Å². The molecule has 0 saturated heterocycles. The minimum absolute atomic E-state index is 0.653. The van der Waals surface area contributed by atoms with E-state index in [9.17, 15) is 0 Å². The maximum atomic E-state index is 7.98. The summed E-state index contributed by atoms with van der Waals surface area (Å²) in [6.45, 7) is 0. The molecule has 0 fully saturated rings. The highest BCUT2D eigenvalue weighted by atomic mass is 15.1. The number of hydrogen-bond donors (Lipinski definition) is 0. The summed E-state index contributed by atoms with van der Waals surface area (Å²) < 4.78 is 0. The maximum absolute atomic E-state index is 7.98. The van der Waals surface area contributed by atoms with Gasteiger partial charge in [0.05, 0.1) is 0 Å². The predicted molar refractivity (Wildman–Crippen MR) is 89.9 cm³/mol. The summed E-state index contributed by atoms with van der Waals surface area (Å²) in [4.78, 5) is 2.63. The van der Waals surface area contributed by atoms with E-state index in [1.54, 1.807) is 12.1 Å². The summed E-state index contributed by atoms with van der Waals surface area (Å²) in [5, 5.41) is 3.39. The van der Waals surface area contributed by atoms with Gasteiger partial charge in [0.1, 0.15) is 0 Å². The van der Waals surface area contributed by atoms with Crippen LogP contribution in [0.3, 0.4) is 0 Å². The van der Waals surface area contributed by atoms with Gasteiger partial charge < -0.3 is 0 Å². The number of nitrogens with zero attached hydrogens (tertiary/aromatic N) is 3. The molecule has 22 heavy (non-hydrogen) atoms. The monoisotopic (exact) mass is 285 g/mol. The fourth-order valence-electron chi connectivity index (χ4n) is 2.63. The van der Waals surface area contributed by atoms with Crippen LogP contribution in [0.1, 0.15) is 11.1 Å². The smallest absolute Gasteiger partial charge is 0.0375 e. The van der Waals surface area contributed by atoms with Crippen LogP contribution < -0.4 is 0 Å². The average molecular weight is 285 g/mol. The van der Waals surface area contributed by atoms with E-state index in [4.69, 9.17) is 5.53 Å². The Bertz CT molecular complexity index is 775. The van der Waals surface area contributed by atoms with Crippen LogP contribution in [-0.4, -0.2) is 0 Å². The molecule has 0 radical (unpaired) electrons. The fourth-order valence-corrected chi connectivity index (χ4v) is 2.63. The van der Waals surface area contributed by atoms with Gasteiger partial charge >= 0.3 is 0 Å². The Morgan fingerprint density at radius 3 is 1.73 bits per heavy atom. The van der Waals surface area contributed by atoms with Crippen LogP contribution in [0.4, 0.5) is 5.69 Å². The van der Waals surface area contributed by atoms with Gasteiger partial charge in [0.25, 0.3) is 0 Å². The lowest BCUT2D eigenvalue weighted by atomic mass is 10.1. The van der Waals surface area contributed by atoms with Crippen molar-refractivity contribution in [1.29, 1.82) is 0 Å². The second kappa shape index (κ2) is 6.61. The lowest BCUT2D eigenvalue weighted by Gasteiger charge is -1.98. The van der Waals surface area contributed by atoms with E-state index in [1.165, 1.54) is 22.3 Å². The van der Waals surface area contributed by atoms with Gasteiger partial charge in [-0.05, 0) is 34.2 Å². The second-order valence-corrected chi connectivity index (χ2v) is 5.02. The molecule has 3 aromatic carbocycles. The van der Waals surface area contributed by atoms with Crippen LogP contribution in [0, 0.1) is 0 Å². The van der Waals surface area contributed by atoms with Crippen molar-refractivity contribution in [2.75, 3.05) is 0 Å². The highest BCUT2D eigenvalue weighted by Crippen LogP contribution is 2.35. The van der Waals surface area contributed by atoms with Crippen molar-refractivity contribution >= 4 is 5.69 Å². The molecule has 0 heterocycles. The fraction of sp³-hybridized carbons (Fsp3) is 0.0526. The molecule has 3 aromatic rings. The van der Waals surface area contributed by atoms with Gasteiger partial charge in [-0.25, -0.2) is 0 Å². The zero-order valence-electron chi connectivity index (χ0n) is 12.1. The molecule has 0 bridgehead atoms. The molecule has 3 heteroatoms. The summed E-state index contributed by atoms with van der Waals surface area (Å²) in [5.74, 6) is 0. The van der Waals surface area contributed by atoms with E-state index in [2.05, 4.69) is 58.6 Å². The molecule has 0 unspecified atom stereocenters. The Hall–Kier alpha value is -3.03. The largest absolute Gasteiger partial charge is 0.0622 e. The molecule has 1 aliphatic rings. The quantitative estimate of drug-likeness (QED) is 0.238. The Morgan fingerprint density at radius 2 is 1.18 bits per heavy atom. The van der Waals surface area contributed by atoms with Gasteiger partial charge in [0, 0.05) is 10.6 Å². The molecule has 0 saturated carbocycles. The Labute approximate surface area is 129 Å². The van der Waals surface area contributed by atoms with Gasteiger partial charge in [-0.1, -0.05) is 84.0 Å². The molecular formula is C19H15N3. The maximum Gasteiger partial charge on any atom is 0.0375 e. The van der Waals surface area contributed by atoms with Crippen molar-refractivity contribution < 1.29 is 0 Å². The van der Waals surface area contributed by atoms with Crippen LogP contribution in [0.5, 0.6) is 0 Å². The highest BCUT2D eigenvalue weighted by Gasteiger charge is 2.15. The van der Waals surface area contributed by atoms with E-state index in [-0.39, 0.29) is 0 Å². The van der Waals surface area contributed by atoms with Crippen LogP contribution >= 0.6 is 0 Å². The van der Waals surface area contributed by atoms with Crippen LogP contribution in [0.15, 0.2) is 84.0 Å². The van der Waals surface area contributed by atoms with Crippen molar-refractivity contribution in [1.82, 2.24) is 0 Å². The first-order valence-corrected chi connectivity index (χ1v) is 7.15. The first-order valence-electron chi connectivity index (χ1n) is 7.15. The van der Waals surface area contributed by atoms with Gasteiger partial charge in [-0.3, -0.25) is 0 Å². The van der Waals surface area contributed by atoms with Gasteiger partial charge in [-0.2, -0.15) is 0 Å². The van der Waals surface area contributed by atoms with Crippen molar-refractivity contribution in [3.8, 4) is 11.1 Å². The Morgan fingerprint density at radius 1 is 0.682 bits per heavy atom. The summed E-state index contributed by atoms with van der Waals surface area (Å²) in [6.07, 6.45) is 1.10. The number of rotatable bonds is 1. The molecule has 3 nitrogen and oxygen atoms in total. The molecule has 0 aromatic heterocycles. The first-order chi connectivity index (χ1) is 10.9. The second-order valence-electron chi connectivity index (χ2n) is 5.02. The van der Waals surface area contributed by atoms with E-state index < -0.39 is 0 Å². The predicted octanol–water partition coefficient (Wildman–Crippen LogP) is 5.89. The Balaban J connectivity index is 0.000000142. The first kappa shape index (κ1) is 13.9. The average Bonchev–Trinajstić information content (AvgIpc) is 2.95. The third-order valence-electron chi connectivity index (χ3n) is 3.62. The number of fused-ring (bicyclic) bond motifs is 3. The standard InChI is InChI=1S/C13H10.C6H5N3/c1-3-7-12-10(5-1)9-11-6-2-4-8-13(11)12;7-9-8-6-4-2-1-3-5-6/h1-8H,9H2;1-5H. The summed E-state index contributed by atoms with van der Waals surface area (Å²) in [7, 11) is 0. The number of hydrogen-bond acceptors (Lipinski definition) is 1. The van der Waals surface area contributed by atoms with Gasteiger partial charge in [-0.15, -0.1) is 0 Å². The molecule has 4 rings (SSSR count). The van der Waals surface area contributed by atoms with E-state index in [1.807, 2.05) is 18.2 Å². The van der Waals surface area contributed by atoms with Crippen molar-refractivity contribution in [2.24, 2.45) is 5.11 Å². The third-order valence-corrected chi connectivity index (χ3v) is 3.62. The lowest BCUT2D eigenvalue weighted by molar-refractivity contribution is 1.26. The van der Waals surface area contributed by atoms with E-state index in [0.717, 1.165) is 6.42 Å². The zero-order chi connectivity index (χ0) is 15.2. The minimum Gasteiger partial charge on any atom is -0.0622 e. The SMILES string of the molecule is [N-]=[N+]=Nc1ccccc1.c1ccc2c(c1)Cc1ccccc1-2. The summed E-state index contributed by atoms with van der Waals surface area (Å²) in [5.41, 5.74) is 14.4. The molecule has 0 aliphatic heterocycles. The van der Waals surface area contributed by atoms with Gasteiger partial charge in [0.15, 0.2) is 0 Å². The molecule has 0 atom stereocenters. The summed E-state index contributed by atoms with van der Waals surface area (Å²) in [6, 6.07) is 26.3. The molecule has 1 aliphatic carbocycles. The Kier molecular flexibility index (Phi) is 4.19. The molecule has 106 valence electrons. The number of benzene rings is 3. The van der Waals surface area contributed by atoms with Crippen LogP contribution in [0.25, 0.3) is 21.6 Å². The van der Waals surface area contributed by atoms with Crippen molar-refractivity contribution in [3.63, 3.8) is 0 Å². The molecule has 0 spiro atoms.